The van der Waals surface area contributed by atoms with E-state index in [0.29, 0.717) is 12.5 Å². The molecule has 1 saturated heterocycles. The van der Waals surface area contributed by atoms with Crippen LogP contribution >= 0.6 is 11.6 Å². The average molecular weight is 381 g/mol. The molecule has 0 bridgehead atoms. The molecule has 1 heterocycles. The number of esters is 1. The monoisotopic (exact) mass is 380 g/mol. The van der Waals surface area contributed by atoms with E-state index in [1.54, 1.807) is 0 Å². The van der Waals surface area contributed by atoms with Crippen molar-refractivity contribution in [3.05, 3.63) is 38.9 Å². The first-order valence-corrected chi connectivity index (χ1v) is 9.25. The van der Waals surface area contributed by atoms with Crippen molar-refractivity contribution in [2.45, 2.75) is 44.6 Å². The van der Waals surface area contributed by atoms with Crippen molar-refractivity contribution >= 4 is 29.2 Å². The van der Waals surface area contributed by atoms with Crippen LogP contribution in [0.4, 0.5) is 5.69 Å². The largest absolute Gasteiger partial charge is 0.452 e. The topological polar surface area (TPSA) is 89.8 Å². The molecular formula is C18H21ClN2O5. The molecule has 0 unspecified atom stereocenters. The van der Waals surface area contributed by atoms with E-state index in [0.717, 1.165) is 38.2 Å². The summed E-state index contributed by atoms with van der Waals surface area (Å²) in [5, 5.41) is 10.9. The van der Waals surface area contributed by atoms with E-state index in [1.165, 1.54) is 18.6 Å². The van der Waals surface area contributed by atoms with Crippen molar-refractivity contribution in [2.24, 2.45) is 5.92 Å². The summed E-state index contributed by atoms with van der Waals surface area (Å²) in [4.78, 5) is 36.8. The van der Waals surface area contributed by atoms with E-state index in [2.05, 4.69) is 0 Å². The standard InChI is InChI=1S/C18H21ClN2O5/c19-15-8-7-13(21(24)25)10-14(15)18(23)26-11-17(22)20-9-3-5-12-4-1-2-6-16(12)20/h7-8,10,12,16H,1-6,9,11H2/t12-,16+/m1/s1. The van der Waals surface area contributed by atoms with Crippen molar-refractivity contribution in [3.63, 3.8) is 0 Å². The van der Waals surface area contributed by atoms with Gasteiger partial charge in [-0.25, -0.2) is 4.79 Å². The second kappa shape index (κ2) is 8.03. The third kappa shape index (κ3) is 3.98. The van der Waals surface area contributed by atoms with E-state index in [4.69, 9.17) is 16.3 Å². The Hall–Kier alpha value is -2.15. The number of hydrogen-bond donors (Lipinski definition) is 0. The number of nitro groups is 1. The third-order valence-electron chi connectivity index (χ3n) is 5.27. The number of benzene rings is 1. The van der Waals surface area contributed by atoms with E-state index >= 15 is 0 Å². The molecule has 8 heteroatoms. The number of non-ortho nitro benzene ring substituents is 1. The summed E-state index contributed by atoms with van der Waals surface area (Å²) in [7, 11) is 0. The number of amides is 1. The Morgan fingerprint density at radius 3 is 2.73 bits per heavy atom. The highest BCUT2D eigenvalue weighted by Gasteiger charge is 2.35. The van der Waals surface area contributed by atoms with E-state index < -0.39 is 10.9 Å². The molecule has 2 atom stereocenters. The molecule has 1 aromatic carbocycles. The van der Waals surface area contributed by atoms with Gasteiger partial charge in [0.15, 0.2) is 6.61 Å². The number of fused-ring (bicyclic) bond motifs is 1. The average Bonchev–Trinajstić information content (AvgIpc) is 2.65. The minimum absolute atomic E-state index is 0.0540. The highest BCUT2D eigenvalue weighted by Crippen LogP contribution is 2.35. The van der Waals surface area contributed by atoms with Gasteiger partial charge in [0.25, 0.3) is 11.6 Å². The van der Waals surface area contributed by atoms with Crippen LogP contribution in [0.3, 0.4) is 0 Å². The van der Waals surface area contributed by atoms with Crippen LogP contribution in [0.25, 0.3) is 0 Å². The molecule has 0 radical (unpaired) electrons. The van der Waals surface area contributed by atoms with Gasteiger partial charge in [0, 0.05) is 24.7 Å². The molecule has 1 amide bonds. The van der Waals surface area contributed by atoms with Gasteiger partial charge in [-0.15, -0.1) is 0 Å². The lowest BCUT2D eigenvalue weighted by atomic mass is 9.78. The summed E-state index contributed by atoms with van der Waals surface area (Å²) < 4.78 is 5.10. The van der Waals surface area contributed by atoms with Gasteiger partial charge in [0.2, 0.25) is 0 Å². The zero-order valence-electron chi connectivity index (χ0n) is 14.4. The minimum atomic E-state index is -0.829. The predicted molar refractivity (Wildman–Crippen MR) is 95.1 cm³/mol. The molecule has 140 valence electrons. The minimum Gasteiger partial charge on any atom is -0.452 e. The summed E-state index contributed by atoms with van der Waals surface area (Å²) in [5.74, 6) is -0.496. The van der Waals surface area contributed by atoms with Crippen LogP contribution < -0.4 is 0 Å². The van der Waals surface area contributed by atoms with Crippen LogP contribution in [-0.2, 0) is 9.53 Å². The van der Waals surface area contributed by atoms with Gasteiger partial charge < -0.3 is 9.64 Å². The van der Waals surface area contributed by atoms with Gasteiger partial charge in [-0.05, 0) is 37.7 Å². The molecule has 0 aromatic heterocycles. The molecule has 2 aliphatic rings. The fraction of sp³-hybridized carbons (Fsp3) is 0.556. The lowest BCUT2D eigenvalue weighted by Crippen LogP contribution is -2.50. The second-order valence-electron chi connectivity index (χ2n) is 6.84. The first-order chi connectivity index (χ1) is 12.5. The van der Waals surface area contributed by atoms with Gasteiger partial charge in [-0.2, -0.15) is 0 Å². The number of rotatable bonds is 4. The summed E-state index contributed by atoms with van der Waals surface area (Å²) in [5.41, 5.74) is -0.364. The number of nitro benzene ring substituents is 1. The zero-order chi connectivity index (χ0) is 18.7. The fourth-order valence-corrected chi connectivity index (χ4v) is 4.20. The summed E-state index contributed by atoms with van der Waals surface area (Å²) >= 11 is 5.93. The molecule has 1 aliphatic heterocycles. The molecule has 3 rings (SSSR count). The number of ether oxygens (including phenoxy) is 1. The summed E-state index contributed by atoms with van der Waals surface area (Å²) in [6.45, 7) is 0.316. The fourth-order valence-electron chi connectivity index (χ4n) is 4.01. The number of carbonyl (C=O) groups is 2. The molecule has 1 aliphatic carbocycles. The predicted octanol–water partition coefficient (Wildman–Crippen LogP) is 3.59. The Bertz CT molecular complexity index is 722. The SMILES string of the molecule is O=C(OCC(=O)N1CCC[C@H]2CCCC[C@@H]21)c1cc([N+](=O)[O-])ccc1Cl. The summed E-state index contributed by atoms with van der Waals surface area (Å²) in [6.07, 6.45) is 6.60. The van der Waals surface area contributed by atoms with Crippen molar-refractivity contribution in [3.8, 4) is 0 Å². The molecule has 0 spiro atoms. The van der Waals surface area contributed by atoms with E-state index in [1.807, 2.05) is 4.90 Å². The second-order valence-corrected chi connectivity index (χ2v) is 7.25. The number of piperidine rings is 1. The van der Waals surface area contributed by atoms with Crippen molar-refractivity contribution in [1.82, 2.24) is 4.90 Å². The molecule has 7 nitrogen and oxygen atoms in total. The van der Waals surface area contributed by atoms with Crippen molar-refractivity contribution in [1.29, 1.82) is 0 Å². The Labute approximate surface area is 156 Å². The first-order valence-electron chi connectivity index (χ1n) is 8.88. The van der Waals surface area contributed by atoms with Crippen LogP contribution in [0.5, 0.6) is 0 Å². The maximum atomic E-state index is 12.6. The maximum Gasteiger partial charge on any atom is 0.340 e. The smallest absolute Gasteiger partial charge is 0.340 e. The Balaban J connectivity index is 1.63. The van der Waals surface area contributed by atoms with Crippen LogP contribution in [0.15, 0.2) is 18.2 Å². The lowest BCUT2D eigenvalue weighted by molar-refractivity contribution is -0.384. The number of halogens is 1. The first kappa shape index (κ1) is 18.6. The van der Waals surface area contributed by atoms with Crippen LogP contribution in [0.2, 0.25) is 5.02 Å². The Kier molecular flexibility index (Phi) is 5.76. The van der Waals surface area contributed by atoms with Gasteiger partial charge in [-0.3, -0.25) is 14.9 Å². The molecule has 1 saturated carbocycles. The van der Waals surface area contributed by atoms with Gasteiger partial charge >= 0.3 is 5.97 Å². The van der Waals surface area contributed by atoms with Gasteiger partial charge in [0.1, 0.15) is 0 Å². The van der Waals surface area contributed by atoms with Crippen molar-refractivity contribution < 1.29 is 19.2 Å². The van der Waals surface area contributed by atoms with Crippen LogP contribution in [-0.4, -0.2) is 40.9 Å². The normalized spacial score (nSPS) is 22.4. The highest BCUT2D eigenvalue weighted by molar-refractivity contribution is 6.33. The summed E-state index contributed by atoms with van der Waals surface area (Å²) in [6, 6.07) is 3.79. The van der Waals surface area contributed by atoms with E-state index in [9.17, 15) is 19.7 Å². The highest BCUT2D eigenvalue weighted by atomic mass is 35.5. The van der Waals surface area contributed by atoms with Crippen LogP contribution in [0, 0.1) is 16.0 Å². The zero-order valence-corrected chi connectivity index (χ0v) is 15.1. The number of likely N-dealkylation sites (tertiary alicyclic amines) is 1. The van der Waals surface area contributed by atoms with E-state index in [-0.39, 0.29) is 34.8 Å². The number of carbonyl (C=O) groups excluding carboxylic acids is 2. The maximum absolute atomic E-state index is 12.6. The molecule has 0 N–H and O–H groups in total. The van der Waals surface area contributed by atoms with Crippen LogP contribution in [0.1, 0.15) is 48.9 Å². The third-order valence-corrected chi connectivity index (χ3v) is 5.60. The molecule has 2 fully saturated rings. The number of hydrogen-bond acceptors (Lipinski definition) is 5. The Morgan fingerprint density at radius 2 is 1.96 bits per heavy atom. The quantitative estimate of drug-likeness (QED) is 0.452. The molecule has 26 heavy (non-hydrogen) atoms. The van der Waals surface area contributed by atoms with Crippen molar-refractivity contribution in [2.75, 3.05) is 13.2 Å². The number of nitrogens with zero attached hydrogens (tertiary/aromatic N) is 2. The molecule has 1 aromatic rings. The van der Waals surface area contributed by atoms with Gasteiger partial charge in [0.05, 0.1) is 15.5 Å². The Morgan fingerprint density at radius 1 is 1.23 bits per heavy atom. The molecular weight excluding hydrogens is 360 g/mol. The lowest BCUT2D eigenvalue weighted by Gasteiger charge is -2.44. The van der Waals surface area contributed by atoms with Gasteiger partial charge in [-0.1, -0.05) is 24.4 Å².